The van der Waals surface area contributed by atoms with Gasteiger partial charge in [0.1, 0.15) is 6.34 Å². The van der Waals surface area contributed by atoms with Crippen LogP contribution < -0.4 is 15.6 Å². The third kappa shape index (κ3) is 6.63. The van der Waals surface area contributed by atoms with E-state index in [4.69, 9.17) is 20.0 Å². The first-order valence-corrected chi connectivity index (χ1v) is 14.4. The lowest BCUT2D eigenvalue weighted by molar-refractivity contribution is -0.347. The Morgan fingerprint density at radius 1 is 1.13 bits per heavy atom. The van der Waals surface area contributed by atoms with Crippen molar-refractivity contribution in [1.29, 1.82) is 0 Å². The average Bonchev–Trinajstić information content (AvgIpc) is 3.57. The molecular weight excluding hydrogens is 529 g/mol. The van der Waals surface area contributed by atoms with Gasteiger partial charge in [0, 0.05) is 18.8 Å². The Hall–Kier alpha value is -3.77. The Bertz CT molecular complexity index is 1510. The Morgan fingerprint density at radius 3 is 2.74 bits per heavy atom. The number of benzene rings is 1. The van der Waals surface area contributed by atoms with Crippen LogP contribution in [0.1, 0.15) is 32.3 Å². The first kappa shape index (κ1) is 26.8. The number of anilines is 1. The van der Waals surface area contributed by atoms with Crippen molar-refractivity contribution in [2.45, 2.75) is 41.9 Å². The summed E-state index contributed by atoms with van der Waals surface area (Å²) in [6.07, 6.45) is 4.90. The van der Waals surface area contributed by atoms with Gasteiger partial charge in [-0.05, 0) is 44.0 Å². The minimum absolute atomic E-state index is 0.546. The van der Waals surface area contributed by atoms with Gasteiger partial charge in [-0.25, -0.2) is 20.0 Å². The van der Waals surface area contributed by atoms with E-state index in [2.05, 4.69) is 55.9 Å². The molecule has 0 amide bonds. The summed E-state index contributed by atoms with van der Waals surface area (Å²) in [6, 6.07) is 10.3. The number of imidazole rings is 1. The molecule has 10 nitrogen and oxygen atoms in total. The van der Waals surface area contributed by atoms with Crippen molar-refractivity contribution in [3.8, 4) is 0 Å². The first-order chi connectivity index (χ1) is 18.9. The highest BCUT2D eigenvalue weighted by Crippen LogP contribution is 2.44. The van der Waals surface area contributed by atoms with Gasteiger partial charge in [-0.1, -0.05) is 58.2 Å². The molecule has 1 atom stereocenters. The highest BCUT2D eigenvalue weighted by atomic mass is 32.2. The largest absolute Gasteiger partial charge is 0.366 e. The number of hydrogen-bond acceptors (Lipinski definition) is 9. The predicted octanol–water partition coefficient (Wildman–Crippen LogP) is 4.64. The van der Waals surface area contributed by atoms with Crippen molar-refractivity contribution < 1.29 is 4.98 Å². The van der Waals surface area contributed by atoms with Crippen LogP contribution in [0.5, 0.6) is 0 Å². The molecule has 1 unspecified atom stereocenters. The zero-order valence-electron chi connectivity index (χ0n) is 22.0. The third-order valence-corrected chi connectivity index (χ3v) is 8.31. The number of nitrogens with one attached hydrogen (secondary N) is 4. The van der Waals surface area contributed by atoms with Crippen LogP contribution in [0.3, 0.4) is 0 Å². The van der Waals surface area contributed by atoms with Crippen molar-refractivity contribution in [1.82, 2.24) is 20.3 Å². The fourth-order valence-corrected chi connectivity index (χ4v) is 6.12. The van der Waals surface area contributed by atoms with E-state index >= 15 is 0 Å². The van der Waals surface area contributed by atoms with E-state index < -0.39 is 4.33 Å². The van der Waals surface area contributed by atoms with E-state index in [0.29, 0.717) is 52.8 Å². The highest BCUT2D eigenvalue weighted by Gasteiger charge is 2.42. The van der Waals surface area contributed by atoms with Gasteiger partial charge < -0.3 is 10.6 Å². The van der Waals surface area contributed by atoms with Gasteiger partial charge in [0.25, 0.3) is 5.16 Å². The summed E-state index contributed by atoms with van der Waals surface area (Å²) < 4.78 is -0.924. The molecule has 39 heavy (non-hydrogen) atoms. The lowest BCUT2D eigenvalue weighted by atomic mass is 10.2. The standard InChI is InChI=1S/C27H30N10S2/c1-17(2)10-12-28-22-20-23(32-15-30-20)35-26(34-22)39-27(38-14-19-8-6-5-7-9-19)36-24(29-13-11-18(3)4)21-25(37-27)33-16-31-21/h5-9,15-16H,1,3,10-14H2,2,4H3,(H,29,36)(H2,28,30,32,34,35)/p+1. The Labute approximate surface area is 235 Å². The zero-order chi connectivity index (χ0) is 27.2. The Kier molecular flexibility index (Phi) is 8.22. The molecule has 0 fully saturated rings. The molecule has 0 saturated heterocycles. The molecule has 4 heterocycles. The molecule has 2 aromatic heterocycles. The van der Waals surface area contributed by atoms with Crippen LogP contribution in [0.25, 0.3) is 11.2 Å². The van der Waals surface area contributed by atoms with Crippen molar-refractivity contribution in [3.05, 3.63) is 66.5 Å². The molecule has 0 radical (unpaired) electrons. The molecule has 12 heteroatoms. The van der Waals surface area contributed by atoms with Crippen LogP contribution >= 0.6 is 23.5 Å². The number of aliphatic imine (C=N–C) groups is 4. The van der Waals surface area contributed by atoms with Crippen LogP contribution in [-0.4, -0.2) is 56.1 Å². The number of aromatic nitrogens is 4. The Balaban J connectivity index is 1.50. The van der Waals surface area contributed by atoms with E-state index in [1.807, 2.05) is 32.0 Å². The molecule has 5 rings (SSSR count). The number of amidine groups is 2. The molecule has 0 aliphatic carbocycles. The van der Waals surface area contributed by atoms with Crippen LogP contribution in [0.4, 0.5) is 5.82 Å². The number of hydrogen-bond donors (Lipinski definition) is 3. The van der Waals surface area contributed by atoms with E-state index in [1.54, 1.807) is 18.1 Å². The number of thioether (sulfide) groups is 2. The number of rotatable bonds is 12. The SMILES string of the molecule is C=C(C)CCN=C1NC(SCc2ccccc2)(Sc2nc(NCCC(=C)C)c3[nH]c[nH+]c3n2)N=C2N=CN=C21. The molecule has 1 aromatic carbocycles. The second-order valence-electron chi connectivity index (χ2n) is 9.32. The van der Waals surface area contributed by atoms with Gasteiger partial charge in [0.2, 0.25) is 9.84 Å². The maximum atomic E-state index is 5.04. The maximum Gasteiger partial charge on any atom is 0.306 e. The molecule has 0 bridgehead atoms. The maximum absolute atomic E-state index is 5.04. The van der Waals surface area contributed by atoms with Crippen molar-refractivity contribution in [3.63, 3.8) is 0 Å². The quantitative estimate of drug-likeness (QED) is 0.168. The summed E-state index contributed by atoms with van der Waals surface area (Å²) in [7, 11) is 0. The number of nitrogens with zero attached hydrogens (tertiary/aromatic N) is 6. The summed E-state index contributed by atoms with van der Waals surface area (Å²) >= 11 is 3.05. The molecule has 2 aliphatic rings. The number of aromatic amines is 2. The molecule has 200 valence electrons. The van der Waals surface area contributed by atoms with Gasteiger partial charge in [-0.3, -0.25) is 9.98 Å². The first-order valence-electron chi connectivity index (χ1n) is 12.6. The predicted molar refractivity (Wildman–Crippen MR) is 163 cm³/mol. The van der Waals surface area contributed by atoms with E-state index in [9.17, 15) is 0 Å². The molecule has 0 spiro atoms. The van der Waals surface area contributed by atoms with Crippen molar-refractivity contribution in [2.75, 3.05) is 18.4 Å². The minimum Gasteiger partial charge on any atom is -0.366 e. The molecule has 3 aromatic rings. The summed E-state index contributed by atoms with van der Waals surface area (Å²) in [5.41, 5.74) is 5.51. The number of fused-ring (bicyclic) bond motifs is 2. The monoisotopic (exact) mass is 559 g/mol. The summed E-state index contributed by atoms with van der Waals surface area (Å²) in [4.78, 5) is 34.8. The van der Waals surface area contributed by atoms with Gasteiger partial charge >= 0.3 is 5.65 Å². The smallest absolute Gasteiger partial charge is 0.306 e. The fourth-order valence-electron chi connectivity index (χ4n) is 3.81. The van der Waals surface area contributed by atoms with Crippen LogP contribution in [0, 0.1) is 0 Å². The van der Waals surface area contributed by atoms with Crippen LogP contribution in [-0.2, 0) is 5.75 Å². The summed E-state index contributed by atoms with van der Waals surface area (Å²) in [5.74, 6) is 2.62. The van der Waals surface area contributed by atoms with E-state index in [1.165, 1.54) is 23.7 Å². The minimum atomic E-state index is -0.924. The second kappa shape index (κ2) is 12.0. The van der Waals surface area contributed by atoms with Crippen LogP contribution in [0.15, 0.2) is 86.1 Å². The van der Waals surface area contributed by atoms with Crippen molar-refractivity contribution >= 4 is 64.2 Å². The van der Waals surface area contributed by atoms with Crippen molar-refractivity contribution in [2.24, 2.45) is 20.0 Å². The second-order valence-corrected chi connectivity index (χ2v) is 11.9. The van der Waals surface area contributed by atoms with Gasteiger partial charge in [0.05, 0.1) is 0 Å². The number of H-pyrrole nitrogens is 2. The molecular formula is C27H31N10S2+. The highest BCUT2D eigenvalue weighted by molar-refractivity contribution is 8.17. The summed E-state index contributed by atoms with van der Waals surface area (Å²) in [6.45, 7) is 13.3. The lowest BCUT2D eigenvalue weighted by Gasteiger charge is -2.33. The fraction of sp³-hybridized carbons (Fsp3) is 0.296. The molecule has 4 N–H and O–H groups in total. The zero-order valence-corrected chi connectivity index (χ0v) is 23.6. The normalized spacial score (nSPS) is 19.0. The average molecular weight is 560 g/mol. The summed E-state index contributed by atoms with van der Waals surface area (Å²) in [5, 5.41) is 7.54. The van der Waals surface area contributed by atoms with Gasteiger partial charge in [0.15, 0.2) is 29.5 Å². The molecule has 0 saturated carbocycles. The van der Waals surface area contributed by atoms with E-state index in [0.717, 1.165) is 29.5 Å². The Morgan fingerprint density at radius 2 is 1.95 bits per heavy atom. The van der Waals surface area contributed by atoms with Gasteiger partial charge in [-0.15, -0.1) is 13.2 Å². The van der Waals surface area contributed by atoms with E-state index in [-0.39, 0.29) is 0 Å². The van der Waals surface area contributed by atoms with Crippen LogP contribution in [0.2, 0.25) is 0 Å². The third-order valence-electron chi connectivity index (χ3n) is 5.81. The van der Waals surface area contributed by atoms with Gasteiger partial charge in [-0.2, -0.15) is 4.98 Å². The topological polar surface area (TPSA) is 129 Å². The lowest BCUT2D eigenvalue weighted by Crippen LogP contribution is -2.51. The molecule has 2 aliphatic heterocycles.